The van der Waals surface area contributed by atoms with Crippen LogP contribution in [-0.2, 0) is 16.0 Å². The number of hydrogen-bond donors (Lipinski definition) is 2. The van der Waals surface area contributed by atoms with Crippen LogP contribution in [-0.4, -0.2) is 23.3 Å². The maximum Gasteiger partial charge on any atom is 0.306 e. The number of carbonyl (C=O) groups is 1. The van der Waals surface area contributed by atoms with Crippen LogP contribution >= 0.6 is 0 Å². The molecule has 0 aliphatic heterocycles. The van der Waals surface area contributed by atoms with Gasteiger partial charge in [-0.2, -0.15) is 0 Å². The van der Waals surface area contributed by atoms with Gasteiger partial charge < -0.3 is 9.84 Å². The third kappa shape index (κ3) is 4.27. The van der Waals surface area contributed by atoms with Crippen molar-refractivity contribution in [2.75, 3.05) is 7.11 Å². The van der Waals surface area contributed by atoms with Crippen LogP contribution < -0.4 is 5.56 Å². The number of H-pyrrole nitrogens is 2. The van der Waals surface area contributed by atoms with E-state index in [1.165, 1.54) is 6.07 Å². The summed E-state index contributed by atoms with van der Waals surface area (Å²) in [5, 5.41) is 4.79. The van der Waals surface area contributed by atoms with Crippen LogP contribution in [0.1, 0.15) is 34.7 Å². The number of esters is 1. The van der Waals surface area contributed by atoms with E-state index in [2.05, 4.69) is 14.9 Å². The fraction of sp³-hybridized carbons (Fsp3) is 0.200. The smallest absolute Gasteiger partial charge is 0.306 e. The number of benzene rings is 2. The maximum absolute atomic E-state index is 14.1. The molecule has 10 heteroatoms. The van der Waals surface area contributed by atoms with Crippen molar-refractivity contribution in [2.45, 2.75) is 18.8 Å². The number of hydrogen-bond acceptors (Lipinski definition) is 3. The van der Waals surface area contributed by atoms with Crippen molar-refractivity contribution in [3.05, 3.63) is 92.2 Å². The Kier molecular flexibility index (Phi) is 6.04. The summed E-state index contributed by atoms with van der Waals surface area (Å²) in [5.74, 6) is -7.83. The molecule has 1 heterocycles. The van der Waals surface area contributed by atoms with Crippen LogP contribution in [0.5, 0.6) is 0 Å². The van der Waals surface area contributed by atoms with Crippen LogP contribution in [0.2, 0.25) is 0 Å². The quantitative estimate of drug-likeness (QED) is 0.359. The predicted molar refractivity (Wildman–Crippen MR) is 95.4 cm³/mol. The van der Waals surface area contributed by atoms with E-state index in [-0.39, 0.29) is 28.8 Å². The first-order valence-electron chi connectivity index (χ1n) is 8.65. The van der Waals surface area contributed by atoms with Crippen molar-refractivity contribution in [2.24, 2.45) is 0 Å². The molecule has 5 nitrogen and oxygen atoms in total. The Labute approximate surface area is 166 Å². The Bertz CT molecular complexity index is 1160. The highest BCUT2D eigenvalue weighted by molar-refractivity contribution is 5.71. The summed E-state index contributed by atoms with van der Waals surface area (Å²) >= 11 is 0. The number of carbonyl (C=O) groups excluding carboxylic acids is 1. The summed E-state index contributed by atoms with van der Waals surface area (Å²) in [5.41, 5.74) is -0.880. The summed E-state index contributed by atoms with van der Waals surface area (Å²) in [6.45, 7) is 0. The summed E-state index contributed by atoms with van der Waals surface area (Å²) < 4.78 is 72.5. The lowest BCUT2D eigenvalue weighted by molar-refractivity contribution is -0.140. The van der Waals surface area contributed by atoms with Crippen molar-refractivity contribution >= 4 is 5.97 Å². The summed E-state index contributed by atoms with van der Waals surface area (Å²) in [4.78, 5) is 24.3. The maximum atomic E-state index is 14.1. The molecule has 30 heavy (non-hydrogen) atoms. The van der Waals surface area contributed by atoms with Crippen LogP contribution in [0.3, 0.4) is 0 Å². The minimum atomic E-state index is -1.37. The lowest BCUT2D eigenvalue weighted by atomic mass is 9.87. The molecule has 0 aliphatic rings. The highest BCUT2D eigenvalue weighted by atomic mass is 19.2. The third-order valence-electron chi connectivity index (χ3n) is 4.65. The molecule has 0 radical (unpaired) electrons. The average molecular weight is 426 g/mol. The Morgan fingerprint density at radius 2 is 1.60 bits per heavy atom. The topological polar surface area (TPSA) is 75.0 Å². The predicted octanol–water partition coefficient (Wildman–Crippen LogP) is 3.68. The van der Waals surface area contributed by atoms with Crippen molar-refractivity contribution in [1.29, 1.82) is 0 Å². The SMILES string of the molecule is COC(=O)C[C@@H](c1ccc(F)c(F)c1)c1c(Cc2cc(F)c(F)cc2F)[nH][nH]c1=O. The average Bonchev–Trinajstić information content (AvgIpc) is 3.06. The molecule has 2 N–H and O–H groups in total. The number of ether oxygens (including phenoxy) is 1. The Morgan fingerprint density at radius 1 is 0.933 bits per heavy atom. The molecular weight excluding hydrogens is 411 g/mol. The highest BCUT2D eigenvalue weighted by Gasteiger charge is 2.27. The molecule has 3 rings (SSSR count). The number of nitrogens with one attached hydrogen (secondary N) is 2. The van der Waals surface area contributed by atoms with E-state index in [4.69, 9.17) is 0 Å². The minimum absolute atomic E-state index is 0.0588. The number of halogens is 5. The molecule has 0 aliphatic carbocycles. The van der Waals surface area contributed by atoms with Crippen LogP contribution in [0.4, 0.5) is 22.0 Å². The number of aromatic amines is 2. The van der Waals surface area contributed by atoms with Crippen molar-refractivity contribution < 1.29 is 31.5 Å². The lowest BCUT2D eigenvalue weighted by Gasteiger charge is -2.17. The van der Waals surface area contributed by atoms with E-state index in [0.717, 1.165) is 19.2 Å². The fourth-order valence-electron chi connectivity index (χ4n) is 3.17. The molecule has 3 aromatic rings. The molecule has 0 saturated heterocycles. The van der Waals surface area contributed by atoms with Gasteiger partial charge in [0.15, 0.2) is 23.3 Å². The summed E-state index contributed by atoms with van der Waals surface area (Å²) in [6, 6.07) is 3.88. The van der Waals surface area contributed by atoms with Gasteiger partial charge in [0.25, 0.3) is 5.56 Å². The second kappa shape index (κ2) is 8.52. The molecule has 0 fully saturated rings. The van der Waals surface area contributed by atoms with Gasteiger partial charge in [-0.25, -0.2) is 22.0 Å². The molecular formula is C20H15F5N2O3. The van der Waals surface area contributed by atoms with E-state index in [0.29, 0.717) is 12.1 Å². The van der Waals surface area contributed by atoms with E-state index in [9.17, 15) is 31.5 Å². The van der Waals surface area contributed by atoms with Gasteiger partial charge in [-0.15, -0.1) is 0 Å². The van der Waals surface area contributed by atoms with Crippen LogP contribution in [0.25, 0.3) is 0 Å². The van der Waals surface area contributed by atoms with Crippen molar-refractivity contribution in [3.8, 4) is 0 Å². The lowest BCUT2D eigenvalue weighted by Crippen LogP contribution is -2.18. The second-order valence-corrected chi connectivity index (χ2v) is 6.51. The Balaban J connectivity index is 2.09. The molecule has 0 unspecified atom stereocenters. The molecule has 1 aromatic heterocycles. The van der Waals surface area contributed by atoms with Gasteiger partial charge in [0.2, 0.25) is 0 Å². The third-order valence-corrected chi connectivity index (χ3v) is 4.65. The van der Waals surface area contributed by atoms with E-state index < -0.39 is 53.0 Å². The minimum Gasteiger partial charge on any atom is -0.469 e. The van der Waals surface area contributed by atoms with Crippen molar-refractivity contribution in [1.82, 2.24) is 10.2 Å². The van der Waals surface area contributed by atoms with Crippen LogP contribution in [0, 0.1) is 29.1 Å². The van der Waals surface area contributed by atoms with E-state index in [1.54, 1.807) is 0 Å². The van der Waals surface area contributed by atoms with Crippen molar-refractivity contribution in [3.63, 3.8) is 0 Å². The van der Waals surface area contributed by atoms with Gasteiger partial charge in [-0.1, -0.05) is 6.07 Å². The molecule has 2 aromatic carbocycles. The monoisotopic (exact) mass is 426 g/mol. The van der Waals surface area contributed by atoms with E-state index in [1.807, 2.05) is 0 Å². The van der Waals surface area contributed by atoms with Gasteiger partial charge in [-0.05, 0) is 29.3 Å². The normalized spacial score (nSPS) is 12.1. The number of methoxy groups -OCH3 is 1. The molecule has 0 spiro atoms. The number of aromatic nitrogens is 2. The zero-order chi connectivity index (χ0) is 22.0. The zero-order valence-corrected chi connectivity index (χ0v) is 15.5. The molecule has 0 amide bonds. The summed E-state index contributed by atoms with van der Waals surface area (Å²) in [6.07, 6.45) is -0.770. The van der Waals surface area contributed by atoms with Gasteiger partial charge in [0.05, 0.1) is 13.5 Å². The van der Waals surface area contributed by atoms with Gasteiger partial charge in [0, 0.05) is 29.7 Å². The van der Waals surface area contributed by atoms with Crippen LogP contribution in [0.15, 0.2) is 35.1 Å². The summed E-state index contributed by atoms with van der Waals surface area (Å²) in [7, 11) is 1.11. The van der Waals surface area contributed by atoms with E-state index >= 15 is 0 Å². The molecule has 158 valence electrons. The first-order valence-corrected chi connectivity index (χ1v) is 8.65. The Hall–Kier alpha value is -3.43. The first kappa shape index (κ1) is 21.3. The standard InChI is InChI=1S/C20H15F5N2O3/c1-30-18(28)7-11(9-2-3-12(21)14(23)4-9)19-17(26-27-20(19)29)6-10-5-15(24)16(25)8-13(10)22/h2-5,8,11H,6-7H2,1H3,(H2,26,27,29)/t11-/m0/s1. The van der Waals surface area contributed by atoms with Gasteiger partial charge in [0.1, 0.15) is 5.82 Å². The number of rotatable bonds is 6. The molecule has 0 bridgehead atoms. The highest BCUT2D eigenvalue weighted by Crippen LogP contribution is 2.30. The Morgan fingerprint density at radius 3 is 2.27 bits per heavy atom. The van der Waals surface area contributed by atoms with Gasteiger partial charge >= 0.3 is 5.97 Å². The molecule has 1 atom stereocenters. The molecule has 0 saturated carbocycles. The fourth-order valence-corrected chi connectivity index (χ4v) is 3.17. The second-order valence-electron chi connectivity index (χ2n) is 6.51. The zero-order valence-electron chi connectivity index (χ0n) is 15.5. The van der Waals surface area contributed by atoms with Gasteiger partial charge in [-0.3, -0.25) is 14.7 Å². The first-order chi connectivity index (χ1) is 14.2. The largest absolute Gasteiger partial charge is 0.469 e.